The largest absolute Gasteiger partial charge is 0.354 e. The maximum Gasteiger partial charge on any atom is 0.354 e. The minimum atomic E-state index is -0.428. The summed E-state index contributed by atoms with van der Waals surface area (Å²) < 4.78 is 3.57. The van der Waals surface area contributed by atoms with Crippen LogP contribution in [0.5, 0.6) is 0 Å². The summed E-state index contributed by atoms with van der Waals surface area (Å²) in [5, 5.41) is 3.80. The summed E-state index contributed by atoms with van der Waals surface area (Å²) in [7, 11) is 3.02. The van der Waals surface area contributed by atoms with Gasteiger partial charge in [0.25, 0.3) is 0 Å². The molecule has 2 aromatic rings. The first kappa shape index (κ1) is 7.78. The number of fused-ring (bicyclic) bond motifs is 1. The number of hydrogen-bond donors (Lipinski definition) is 0. The fraction of sp³-hybridized carbons (Fsp3) is 0.286. The van der Waals surface area contributed by atoms with Crippen molar-refractivity contribution in [2.45, 2.75) is 0 Å². The van der Waals surface area contributed by atoms with E-state index < -0.39 is 5.69 Å². The molecule has 68 valence electrons. The molecule has 0 radical (unpaired) electrons. The summed E-state index contributed by atoms with van der Waals surface area (Å²) in [4.78, 5) is 22.8. The van der Waals surface area contributed by atoms with E-state index in [9.17, 15) is 9.59 Å². The molecule has 0 aromatic carbocycles. The Balaban J connectivity index is 3.21. The van der Waals surface area contributed by atoms with Crippen LogP contribution in [0.1, 0.15) is 0 Å². The molecule has 0 saturated heterocycles. The molecule has 0 saturated carbocycles. The third kappa shape index (κ3) is 0.851. The summed E-state index contributed by atoms with van der Waals surface area (Å²) in [6, 6.07) is 1.61. The predicted octanol–water partition coefficient (Wildman–Crippen LogP) is -1.27. The first-order valence-corrected chi connectivity index (χ1v) is 3.72. The standard InChI is InChI=1S/C7H8N4O2/c1-9-5-3-4-8-11(5)7(13)10(2)6(9)12/h3-4H,1-2H3. The first-order chi connectivity index (χ1) is 6.13. The molecule has 2 heterocycles. The number of aromatic nitrogens is 4. The van der Waals surface area contributed by atoms with E-state index in [2.05, 4.69) is 5.10 Å². The van der Waals surface area contributed by atoms with Gasteiger partial charge in [-0.3, -0.25) is 4.57 Å². The monoisotopic (exact) mass is 180 g/mol. The van der Waals surface area contributed by atoms with Gasteiger partial charge in [-0.05, 0) is 0 Å². The van der Waals surface area contributed by atoms with Gasteiger partial charge in [0, 0.05) is 20.2 Å². The van der Waals surface area contributed by atoms with Crippen LogP contribution in [0.3, 0.4) is 0 Å². The molecule has 0 unspecified atom stereocenters. The topological polar surface area (TPSA) is 61.3 Å². The second kappa shape index (κ2) is 2.32. The second-order valence-electron chi connectivity index (χ2n) is 2.78. The van der Waals surface area contributed by atoms with E-state index in [1.54, 1.807) is 13.1 Å². The number of nitrogens with zero attached hydrogens (tertiary/aromatic N) is 4. The molecule has 0 amide bonds. The highest BCUT2D eigenvalue weighted by atomic mass is 16.2. The lowest BCUT2D eigenvalue weighted by Gasteiger charge is -2.02. The zero-order valence-corrected chi connectivity index (χ0v) is 7.26. The van der Waals surface area contributed by atoms with Crippen molar-refractivity contribution in [3.8, 4) is 0 Å². The van der Waals surface area contributed by atoms with Crippen LogP contribution in [0.25, 0.3) is 5.65 Å². The van der Waals surface area contributed by atoms with Crippen molar-refractivity contribution < 1.29 is 0 Å². The SMILES string of the molecule is Cn1c(=O)n(C)c2ccnn2c1=O. The highest BCUT2D eigenvalue weighted by Gasteiger charge is 2.06. The lowest BCUT2D eigenvalue weighted by Crippen LogP contribution is -2.40. The van der Waals surface area contributed by atoms with Gasteiger partial charge in [-0.25, -0.2) is 14.2 Å². The zero-order chi connectivity index (χ0) is 9.59. The van der Waals surface area contributed by atoms with Crippen molar-refractivity contribution in [1.29, 1.82) is 0 Å². The molecule has 13 heavy (non-hydrogen) atoms. The smallest absolute Gasteiger partial charge is 0.281 e. The average Bonchev–Trinajstić information content (AvgIpc) is 2.59. The molecule has 0 bridgehead atoms. The number of hydrogen-bond acceptors (Lipinski definition) is 3. The summed E-state index contributed by atoms with van der Waals surface area (Å²) in [6.07, 6.45) is 1.48. The van der Waals surface area contributed by atoms with Crippen LogP contribution in [-0.2, 0) is 14.1 Å². The molecule has 0 aliphatic heterocycles. The number of rotatable bonds is 0. The van der Waals surface area contributed by atoms with E-state index in [-0.39, 0.29) is 5.69 Å². The average molecular weight is 180 g/mol. The minimum Gasteiger partial charge on any atom is -0.281 e. The molecule has 0 N–H and O–H groups in total. The Hall–Kier alpha value is -1.85. The Labute approximate surface area is 72.6 Å². The van der Waals surface area contributed by atoms with Gasteiger partial charge < -0.3 is 0 Å². The van der Waals surface area contributed by atoms with Crippen LogP contribution >= 0.6 is 0 Å². The Morgan fingerprint density at radius 3 is 2.54 bits per heavy atom. The third-order valence-electron chi connectivity index (χ3n) is 2.01. The lowest BCUT2D eigenvalue weighted by atomic mass is 10.6. The van der Waals surface area contributed by atoms with Crippen LogP contribution in [-0.4, -0.2) is 18.7 Å². The maximum absolute atomic E-state index is 11.4. The summed E-state index contributed by atoms with van der Waals surface area (Å²) in [6.45, 7) is 0. The van der Waals surface area contributed by atoms with Gasteiger partial charge in [0.15, 0.2) is 0 Å². The maximum atomic E-state index is 11.4. The number of aryl methyl sites for hydroxylation is 1. The van der Waals surface area contributed by atoms with Crippen molar-refractivity contribution >= 4 is 5.65 Å². The second-order valence-corrected chi connectivity index (χ2v) is 2.78. The Kier molecular flexibility index (Phi) is 1.39. The van der Waals surface area contributed by atoms with Gasteiger partial charge in [-0.1, -0.05) is 0 Å². The normalized spacial score (nSPS) is 10.9. The summed E-state index contributed by atoms with van der Waals surface area (Å²) >= 11 is 0. The van der Waals surface area contributed by atoms with Crippen LogP contribution in [0.15, 0.2) is 21.9 Å². The first-order valence-electron chi connectivity index (χ1n) is 3.72. The van der Waals surface area contributed by atoms with Crippen molar-refractivity contribution in [3.05, 3.63) is 33.2 Å². The Bertz CT molecular complexity index is 574. The Morgan fingerprint density at radius 2 is 1.85 bits per heavy atom. The van der Waals surface area contributed by atoms with Crippen LogP contribution in [0, 0.1) is 0 Å². The van der Waals surface area contributed by atoms with Crippen LogP contribution < -0.4 is 11.4 Å². The van der Waals surface area contributed by atoms with Gasteiger partial charge in [-0.15, -0.1) is 0 Å². The molecule has 0 fully saturated rings. The fourth-order valence-electron chi connectivity index (χ4n) is 1.24. The van der Waals surface area contributed by atoms with Crippen molar-refractivity contribution in [2.75, 3.05) is 0 Å². The van der Waals surface area contributed by atoms with E-state index in [0.717, 1.165) is 4.57 Å². The van der Waals surface area contributed by atoms with Gasteiger partial charge in [0.1, 0.15) is 5.65 Å². The van der Waals surface area contributed by atoms with E-state index in [1.165, 1.54) is 22.3 Å². The van der Waals surface area contributed by atoms with Gasteiger partial charge >= 0.3 is 11.4 Å². The molecule has 0 aliphatic rings. The fourth-order valence-corrected chi connectivity index (χ4v) is 1.24. The lowest BCUT2D eigenvalue weighted by molar-refractivity contribution is 0.629. The van der Waals surface area contributed by atoms with Crippen LogP contribution in [0.4, 0.5) is 0 Å². The Morgan fingerprint density at radius 1 is 1.15 bits per heavy atom. The molecular formula is C7H8N4O2. The molecule has 2 aromatic heterocycles. The van der Waals surface area contributed by atoms with Crippen LogP contribution in [0.2, 0.25) is 0 Å². The molecule has 6 heteroatoms. The molecule has 0 spiro atoms. The van der Waals surface area contributed by atoms with Gasteiger partial charge in [0.05, 0.1) is 6.20 Å². The highest BCUT2D eigenvalue weighted by molar-refractivity contribution is 5.35. The zero-order valence-electron chi connectivity index (χ0n) is 7.26. The van der Waals surface area contributed by atoms with E-state index >= 15 is 0 Å². The third-order valence-corrected chi connectivity index (χ3v) is 2.01. The summed E-state index contributed by atoms with van der Waals surface area (Å²) in [5.41, 5.74) is -0.283. The van der Waals surface area contributed by atoms with E-state index in [1.807, 2.05) is 0 Å². The van der Waals surface area contributed by atoms with E-state index in [0.29, 0.717) is 5.65 Å². The van der Waals surface area contributed by atoms with Crippen molar-refractivity contribution in [3.63, 3.8) is 0 Å². The predicted molar refractivity (Wildman–Crippen MR) is 45.7 cm³/mol. The summed E-state index contributed by atoms with van der Waals surface area (Å²) in [5.74, 6) is 0. The minimum absolute atomic E-state index is 0.349. The highest BCUT2D eigenvalue weighted by Crippen LogP contribution is 1.91. The molecule has 6 nitrogen and oxygen atoms in total. The van der Waals surface area contributed by atoms with Crippen molar-refractivity contribution in [1.82, 2.24) is 18.7 Å². The molecule has 0 aliphatic carbocycles. The van der Waals surface area contributed by atoms with Gasteiger partial charge in [0.2, 0.25) is 0 Å². The van der Waals surface area contributed by atoms with Crippen molar-refractivity contribution in [2.24, 2.45) is 14.1 Å². The van der Waals surface area contributed by atoms with Gasteiger partial charge in [-0.2, -0.15) is 9.61 Å². The molecule has 0 atom stereocenters. The molecule has 2 rings (SSSR count). The molecular weight excluding hydrogens is 172 g/mol. The quantitative estimate of drug-likeness (QED) is 0.508. The van der Waals surface area contributed by atoms with E-state index in [4.69, 9.17) is 0 Å².